The van der Waals surface area contributed by atoms with Gasteiger partial charge in [0.05, 0.1) is 35.8 Å². The number of amidine groups is 1. The Morgan fingerprint density at radius 2 is 1.85 bits per heavy atom. The monoisotopic (exact) mass is 458 g/mol. The van der Waals surface area contributed by atoms with E-state index in [9.17, 15) is 0 Å². The van der Waals surface area contributed by atoms with Gasteiger partial charge in [0, 0.05) is 0 Å². The predicted octanol–water partition coefficient (Wildman–Crippen LogP) is 6.19. The molecule has 6 nitrogen and oxygen atoms in total. The summed E-state index contributed by atoms with van der Waals surface area (Å²) < 4.78 is 12.4. The first kappa shape index (κ1) is 22.5. The summed E-state index contributed by atoms with van der Waals surface area (Å²) in [7, 11) is 1.64. The molecule has 0 bridgehead atoms. The van der Waals surface area contributed by atoms with Crippen LogP contribution in [0, 0.1) is 0 Å². The maximum absolute atomic E-state index is 5.81. The van der Waals surface area contributed by atoms with E-state index in [1.165, 1.54) is 0 Å². The number of rotatable bonds is 9. The van der Waals surface area contributed by atoms with E-state index in [0.717, 1.165) is 45.1 Å². The Balaban J connectivity index is 1.56. The second kappa shape index (κ2) is 11.2. The normalized spacial score (nSPS) is 11.8. The molecule has 0 saturated carbocycles. The van der Waals surface area contributed by atoms with Crippen LogP contribution < -0.4 is 14.9 Å². The van der Waals surface area contributed by atoms with Crippen LogP contribution in [0.1, 0.15) is 30.3 Å². The Kier molecular flexibility index (Phi) is 7.66. The Bertz CT molecular complexity index is 1220. The van der Waals surface area contributed by atoms with Crippen LogP contribution in [-0.2, 0) is 0 Å². The number of para-hydroxylation sites is 2. The van der Waals surface area contributed by atoms with E-state index in [4.69, 9.17) is 19.5 Å². The van der Waals surface area contributed by atoms with Crippen molar-refractivity contribution in [3.8, 4) is 11.5 Å². The quantitative estimate of drug-likeness (QED) is 0.141. The van der Waals surface area contributed by atoms with Gasteiger partial charge in [-0.1, -0.05) is 43.7 Å². The summed E-state index contributed by atoms with van der Waals surface area (Å²) in [4.78, 5) is 9.46. The number of thiazole rings is 1. The number of fused-ring (bicyclic) bond motifs is 1. The Hall–Kier alpha value is -3.71. The van der Waals surface area contributed by atoms with Gasteiger partial charge in [-0.3, -0.25) is 5.43 Å². The van der Waals surface area contributed by atoms with Gasteiger partial charge in [-0.05, 0) is 54.4 Å². The number of unbranched alkanes of at least 4 members (excludes halogenated alkanes) is 1. The summed E-state index contributed by atoms with van der Waals surface area (Å²) in [5.74, 6) is 2.00. The molecule has 0 spiro atoms. The zero-order valence-electron chi connectivity index (χ0n) is 18.7. The van der Waals surface area contributed by atoms with Gasteiger partial charge in [0.2, 0.25) is 0 Å². The zero-order chi connectivity index (χ0) is 22.9. The minimum Gasteiger partial charge on any atom is -0.493 e. The van der Waals surface area contributed by atoms with E-state index in [1.807, 2.05) is 66.7 Å². The average molecular weight is 459 g/mol. The minimum absolute atomic E-state index is 0.588. The van der Waals surface area contributed by atoms with Crippen molar-refractivity contribution >= 4 is 39.3 Å². The number of hydrogen-bond donors (Lipinski definition) is 1. The molecular formula is C26H26N4O2S. The number of ether oxygens (including phenoxy) is 2. The van der Waals surface area contributed by atoms with Crippen molar-refractivity contribution in [1.82, 2.24) is 10.4 Å². The third-order valence-corrected chi connectivity index (χ3v) is 5.86. The highest BCUT2D eigenvalue weighted by Crippen LogP contribution is 2.28. The summed E-state index contributed by atoms with van der Waals surface area (Å²) in [5, 5.41) is 5.20. The third-order valence-electron chi connectivity index (χ3n) is 4.82. The second-order valence-corrected chi connectivity index (χ2v) is 8.30. The van der Waals surface area contributed by atoms with Crippen molar-refractivity contribution in [3.63, 3.8) is 0 Å². The highest BCUT2D eigenvalue weighted by atomic mass is 32.1. The SMILES string of the molecule is CCCCOc1ccc(/C=N/NC(=Nc2ccccc2)c2nc3ccccc3s2)cc1OC. The number of hydrogen-bond acceptors (Lipinski definition) is 6. The van der Waals surface area contributed by atoms with Crippen LogP contribution in [0.15, 0.2) is 82.9 Å². The van der Waals surface area contributed by atoms with Crippen LogP contribution in [0.5, 0.6) is 11.5 Å². The van der Waals surface area contributed by atoms with E-state index >= 15 is 0 Å². The van der Waals surface area contributed by atoms with Crippen molar-refractivity contribution in [2.24, 2.45) is 10.1 Å². The largest absolute Gasteiger partial charge is 0.493 e. The summed E-state index contributed by atoms with van der Waals surface area (Å²) in [6, 6.07) is 23.5. The Labute approximate surface area is 197 Å². The molecular weight excluding hydrogens is 432 g/mol. The first-order chi connectivity index (χ1) is 16.3. The molecule has 0 aliphatic carbocycles. The molecule has 0 atom stereocenters. The fourth-order valence-electron chi connectivity index (χ4n) is 3.10. The fraction of sp³-hybridized carbons (Fsp3) is 0.192. The van der Waals surface area contributed by atoms with Crippen LogP contribution in [0.3, 0.4) is 0 Å². The predicted molar refractivity (Wildman–Crippen MR) is 136 cm³/mol. The Morgan fingerprint density at radius 3 is 2.64 bits per heavy atom. The van der Waals surface area contributed by atoms with Gasteiger partial charge in [0.15, 0.2) is 22.3 Å². The van der Waals surface area contributed by atoms with E-state index in [2.05, 4.69) is 23.5 Å². The molecule has 33 heavy (non-hydrogen) atoms. The van der Waals surface area contributed by atoms with Crippen LogP contribution >= 0.6 is 11.3 Å². The van der Waals surface area contributed by atoms with Gasteiger partial charge >= 0.3 is 0 Å². The van der Waals surface area contributed by atoms with Crippen molar-refractivity contribution in [2.75, 3.05) is 13.7 Å². The van der Waals surface area contributed by atoms with E-state index in [1.54, 1.807) is 24.7 Å². The first-order valence-electron chi connectivity index (χ1n) is 10.9. The molecule has 0 amide bonds. The molecule has 0 unspecified atom stereocenters. The van der Waals surface area contributed by atoms with Crippen molar-refractivity contribution < 1.29 is 9.47 Å². The van der Waals surface area contributed by atoms with Gasteiger partial charge in [0.25, 0.3) is 0 Å². The smallest absolute Gasteiger partial charge is 0.183 e. The average Bonchev–Trinajstić information content (AvgIpc) is 3.29. The summed E-state index contributed by atoms with van der Waals surface area (Å²) in [6.45, 7) is 2.81. The molecule has 0 fully saturated rings. The highest BCUT2D eigenvalue weighted by molar-refractivity contribution is 7.20. The molecule has 1 aromatic heterocycles. The molecule has 4 aromatic rings. The summed E-state index contributed by atoms with van der Waals surface area (Å²) in [5.41, 5.74) is 5.72. The van der Waals surface area contributed by atoms with E-state index in [-0.39, 0.29) is 0 Å². The van der Waals surface area contributed by atoms with Crippen LogP contribution in [-0.4, -0.2) is 30.8 Å². The lowest BCUT2D eigenvalue weighted by atomic mass is 10.2. The van der Waals surface area contributed by atoms with Gasteiger partial charge in [0.1, 0.15) is 0 Å². The van der Waals surface area contributed by atoms with E-state index < -0.39 is 0 Å². The number of nitrogens with zero attached hydrogens (tertiary/aromatic N) is 3. The van der Waals surface area contributed by atoms with Crippen molar-refractivity contribution in [2.45, 2.75) is 19.8 Å². The van der Waals surface area contributed by atoms with Crippen molar-refractivity contribution in [1.29, 1.82) is 0 Å². The molecule has 3 aromatic carbocycles. The maximum atomic E-state index is 5.81. The van der Waals surface area contributed by atoms with Crippen LogP contribution in [0.25, 0.3) is 10.2 Å². The van der Waals surface area contributed by atoms with Gasteiger partial charge < -0.3 is 9.47 Å². The lowest BCUT2D eigenvalue weighted by Gasteiger charge is -2.10. The molecule has 0 aliphatic heterocycles. The second-order valence-electron chi connectivity index (χ2n) is 7.27. The first-order valence-corrected chi connectivity index (χ1v) is 11.7. The fourth-order valence-corrected chi connectivity index (χ4v) is 4.01. The molecule has 0 saturated heterocycles. The number of methoxy groups -OCH3 is 1. The molecule has 168 valence electrons. The maximum Gasteiger partial charge on any atom is 0.183 e. The molecule has 1 heterocycles. The molecule has 4 rings (SSSR count). The summed E-state index contributed by atoms with van der Waals surface area (Å²) in [6.07, 6.45) is 3.82. The topological polar surface area (TPSA) is 68.1 Å². The summed E-state index contributed by atoms with van der Waals surface area (Å²) >= 11 is 1.57. The van der Waals surface area contributed by atoms with Gasteiger partial charge in [-0.25, -0.2) is 9.98 Å². The number of nitrogens with one attached hydrogen (secondary N) is 1. The lowest BCUT2D eigenvalue weighted by Crippen LogP contribution is -2.18. The Morgan fingerprint density at radius 1 is 1.03 bits per heavy atom. The standard InChI is InChI=1S/C26H26N4O2S/c1-3-4-16-32-22-15-14-19(17-23(22)31-2)18-27-30-25(28-20-10-6-5-7-11-20)26-29-21-12-8-9-13-24(21)33-26/h5-15,17-18H,3-4,16H2,1-2H3,(H,28,30)/b27-18+. The van der Waals surface area contributed by atoms with Gasteiger partial charge in [-0.2, -0.15) is 5.10 Å². The van der Waals surface area contributed by atoms with Crippen LogP contribution in [0.4, 0.5) is 5.69 Å². The lowest BCUT2D eigenvalue weighted by molar-refractivity contribution is 0.288. The van der Waals surface area contributed by atoms with E-state index in [0.29, 0.717) is 18.2 Å². The highest BCUT2D eigenvalue weighted by Gasteiger charge is 2.11. The molecule has 7 heteroatoms. The number of hydrazone groups is 1. The minimum atomic E-state index is 0.588. The molecule has 0 radical (unpaired) electrons. The van der Waals surface area contributed by atoms with Gasteiger partial charge in [-0.15, -0.1) is 11.3 Å². The van der Waals surface area contributed by atoms with Crippen molar-refractivity contribution in [3.05, 3.63) is 83.4 Å². The zero-order valence-corrected chi connectivity index (χ0v) is 19.5. The number of aromatic nitrogens is 1. The molecule has 1 N–H and O–H groups in total. The molecule has 0 aliphatic rings. The number of aliphatic imine (C=N–C) groups is 1. The van der Waals surface area contributed by atoms with Crippen LogP contribution in [0.2, 0.25) is 0 Å². The third kappa shape index (κ3) is 5.96. The number of benzene rings is 3.